The minimum absolute atomic E-state index is 0.553. The zero-order valence-corrected chi connectivity index (χ0v) is 10.4. The molecule has 0 spiro atoms. The highest BCUT2D eigenvalue weighted by Gasteiger charge is 2.00. The SMILES string of the molecule is C=C(CNc1ccc(Cl)c(Cl)c1)N(C)C. The number of nitrogens with zero attached hydrogens (tertiary/aromatic N) is 1. The normalized spacial score (nSPS) is 9.87. The van der Waals surface area contributed by atoms with E-state index in [1.165, 1.54) is 0 Å². The molecule has 0 saturated carbocycles. The molecule has 1 N–H and O–H groups in total. The van der Waals surface area contributed by atoms with Crippen molar-refractivity contribution in [2.75, 3.05) is 26.0 Å². The Morgan fingerprint density at radius 1 is 1.33 bits per heavy atom. The second-order valence-corrected chi connectivity index (χ2v) is 4.26. The average Bonchev–Trinajstić information content (AvgIpc) is 2.19. The molecule has 0 aromatic heterocycles. The zero-order valence-electron chi connectivity index (χ0n) is 8.85. The molecule has 0 radical (unpaired) electrons. The summed E-state index contributed by atoms with van der Waals surface area (Å²) in [6.07, 6.45) is 0. The molecule has 0 aliphatic carbocycles. The molecule has 15 heavy (non-hydrogen) atoms. The van der Waals surface area contributed by atoms with Crippen LogP contribution in [0.1, 0.15) is 0 Å². The van der Waals surface area contributed by atoms with Gasteiger partial charge in [-0.25, -0.2) is 0 Å². The third-order valence-electron chi connectivity index (χ3n) is 2.05. The molecule has 1 aromatic carbocycles. The minimum Gasteiger partial charge on any atom is -0.380 e. The third kappa shape index (κ3) is 3.65. The van der Waals surface area contributed by atoms with Crippen molar-refractivity contribution in [1.29, 1.82) is 0 Å². The summed E-state index contributed by atoms with van der Waals surface area (Å²) in [6.45, 7) is 4.60. The fourth-order valence-electron chi connectivity index (χ4n) is 0.968. The zero-order chi connectivity index (χ0) is 11.4. The van der Waals surface area contributed by atoms with E-state index in [1.54, 1.807) is 12.1 Å². The first-order valence-electron chi connectivity index (χ1n) is 4.54. The Morgan fingerprint density at radius 3 is 2.53 bits per heavy atom. The van der Waals surface area contributed by atoms with E-state index >= 15 is 0 Å². The van der Waals surface area contributed by atoms with Crippen molar-refractivity contribution in [3.63, 3.8) is 0 Å². The van der Waals surface area contributed by atoms with Crippen LogP contribution in [-0.2, 0) is 0 Å². The summed E-state index contributed by atoms with van der Waals surface area (Å²) < 4.78 is 0. The smallest absolute Gasteiger partial charge is 0.0612 e. The maximum Gasteiger partial charge on any atom is 0.0612 e. The maximum absolute atomic E-state index is 5.89. The molecule has 1 aromatic rings. The minimum atomic E-state index is 0.553. The van der Waals surface area contributed by atoms with Gasteiger partial charge in [0.2, 0.25) is 0 Å². The fourth-order valence-corrected chi connectivity index (χ4v) is 1.27. The van der Waals surface area contributed by atoms with Crippen LogP contribution in [0.5, 0.6) is 0 Å². The predicted octanol–water partition coefficient (Wildman–Crippen LogP) is 3.48. The van der Waals surface area contributed by atoms with Crippen molar-refractivity contribution in [3.8, 4) is 0 Å². The van der Waals surface area contributed by atoms with E-state index in [4.69, 9.17) is 23.2 Å². The summed E-state index contributed by atoms with van der Waals surface area (Å²) in [6, 6.07) is 5.45. The number of nitrogens with one attached hydrogen (secondary N) is 1. The molecule has 0 aliphatic heterocycles. The molecular formula is C11H14Cl2N2. The van der Waals surface area contributed by atoms with E-state index in [9.17, 15) is 0 Å². The third-order valence-corrected chi connectivity index (χ3v) is 2.79. The van der Waals surface area contributed by atoms with Crippen LogP contribution in [0.15, 0.2) is 30.5 Å². The lowest BCUT2D eigenvalue weighted by atomic mass is 10.3. The largest absolute Gasteiger partial charge is 0.380 e. The molecule has 0 bridgehead atoms. The van der Waals surface area contributed by atoms with Crippen LogP contribution in [0.25, 0.3) is 0 Å². The summed E-state index contributed by atoms with van der Waals surface area (Å²) in [4.78, 5) is 1.96. The summed E-state index contributed by atoms with van der Waals surface area (Å²) in [5, 5.41) is 4.33. The molecule has 2 nitrogen and oxygen atoms in total. The molecule has 0 saturated heterocycles. The Morgan fingerprint density at radius 2 is 2.00 bits per heavy atom. The Labute approximate surface area is 100 Å². The molecule has 0 atom stereocenters. The van der Waals surface area contributed by atoms with Crippen molar-refractivity contribution in [3.05, 3.63) is 40.5 Å². The van der Waals surface area contributed by atoms with Crippen LogP contribution < -0.4 is 5.32 Å². The first-order chi connectivity index (χ1) is 7.00. The lowest BCUT2D eigenvalue weighted by Crippen LogP contribution is -2.17. The molecule has 1 rings (SSSR count). The highest BCUT2D eigenvalue weighted by atomic mass is 35.5. The van der Waals surface area contributed by atoms with Crippen molar-refractivity contribution in [1.82, 2.24) is 4.90 Å². The van der Waals surface area contributed by atoms with E-state index in [-0.39, 0.29) is 0 Å². The van der Waals surface area contributed by atoms with Crippen LogP contribution in [0.4, 0.5) is 5.69 Å². The first kappa shape index (κ1) is 12.2. The second kappa shape index (κ2) is 5.29. The number of benzene rings is 1. The number of likely N-dealkylation sites (N-methyl/N-ethyl adjacent to an activating group) is 1. The van der Waals surface area contributed by atoms with E-state index in [1.807, 2.05) is 25.1 Å². The van der Waals surface area contributed by atoms with Crippen molar-refractivity contribution in [2.24, 2.45) is 0 Å². The van der Waals surface area contributed by atoms with Gasteiger partial charge in [-0.2, -0.15) is 0 Å². The van der Waals surface area contributed by atoms with Crippen molar-refractivity contribution in [2.45, 2.75) is 0 Å². The van der Waals surface area contributed by atoms with Crippen LogP contribution in [0.3, 0.4) is 0 Å². The highest BCUT2D eigenvalue weighted by Crippen LogP contribution is 2.24. The summed E-state index contributed by atoms with van der Waals surface area (Å²) in [5.41, 5.74) is 1.94. The summed E-state index contributed by atoms with van der Waals surface area (Å²) in [5.74, 6) is 0. The molecule has 0 unspecified atom stereocenters. The maximum atomic E-state index is 5.89. The van der Waals surface area contributed by atoms with E-state index in [2.05, 4.69) is 11.9 Å². The second-order valence-electron chi connectivity index (χ2n) is 3.44. The van der Waals surface area contributed by atoms with Crippen LogP contribution in [0.2, 0.25) is 10.0 Å². The van der Waals surface area contributed by atoms with E-state index in [0.717, 1.165) is 11.4 Å². The molecule has 0 amide bonds. The van der Waals surface area contributed by atoms with Gasteiger partial charge < -0.3 is 10.2 Å². The van der Waals surface area contributed by atoms with Crippen LogP contribution >= 0.6 is 23.2 Å². The standard InChI is InChI=1S/C11H14Cl2N2/c1-8(15(2)3)7-14-9-4-5-10(12)11(13)6-9/h4-6,14H,1,7H2,2-3H3. The number of hydrogen-bond acceptors (Lipinski definition) is 2. The number of anilines is 1. The molecule has 0 heterocycles. The Bertz CT molecular complexity index is 362. The van der Waals surface area contributed by atoms with Crippen molar-refractivity contribution < 1.29 is 0 Å². The monoisotopic (exact) mass is 244 g/mol. The lowest BCUT2D eigenvalue weighted by Gasteiger charge is -2.16. The van der Waals surface area contributed by atoms with Gasteiger partial charge in [0.1, 0.15) is 0 Å². The first-order valence-corrected chi connectivity index (χ1v) is 5.30. The van der Waals surface area contributed by atoms with Crippen molar-refractivity contribution >= 4 is 28.9 Å². The van der Waals surface area contributed by atoms with Gasteiger partial charge >= 0.3 is 0 Å². The molecule has 0 fully saturated rings. The van der Waals surface area contributed by atoms with Gasteiger partial charge in [0, 0.05) is 25.5 Å². The topological polar surface area (TPSA) is 15.3 Å². The van der Waals surface area contributed by atoms with Gasteiger partial charge in [0.15, 0.2) is 0 Å². The van der Waals surface area contributed by atoms with Gasteiger partial charge in [0.25, 0.3) is 0 Å². The Balaban J connectivity index is 2.58. The predicted molar refractivity (Wildman–Crippen MR) is 67.8 cm³/mol. The van der Waals surface area contributed by atoms with Crippen LogP contribution in [-0.4, -0.2) is 25.5 Å². The molecule has 82 valence electrons. The number of rotatable bonds is 4. The molecular weight excluding hydrogens is 231 g/mol. The van der Waals surface area contributed by atoms with Crippen LogP contribution in [0, 0.1) is 0 Å². The van der Waals surface area contributed by atoms with Gasteiger partial charge in [0.05, 0.1) is 16.6 Å². The van der Waals surface area contributed by atoms with E-state index < -0.39 is 0 Å². The number of halogens is 2. The summed E-state index contributed by atoms with van der Waals surface area (Å²) >= 11 is 11.7. The van der Waals surface area contributed by atoms with Gasteiger partial charge in [-0.15, -0.1) is 0 Å². The van der Waals surface area contributed by atoms with Gasteiger partial charge in [-0.05, 0) is 18.2 Å². The Kier molecular flexibility index (Phi) is 4.30. The molecule has 0 aliphatic rings. The highest BCUT2D eigenvalue weighted by molar-refractivity contribution is 6.42. The van der Waals surface area contributed by atoms with Gasteiger partial charge in [-0.1, -0.05) is 29.8 Å². The molecule has 4 heteroatoms. The van der Waals surface area contributed by atoms with Gasteiger partial charge in [-0.3, -0.25) is 0 Å². The average molecular weight is 245 g/mol. The Hall–Kier alpha value is -0.860. The number of hydrogen-bond donors (Lipinski definition) is 1. The summed E-state index contributed by atoms with van der Waals surface area (Å²) in [7, 11) is 3.91. The quantitative estimate of drug-likeness (QED) is 0.873. The lowest BCUT2D eigenvalue weighted by molar-refractivity contribution is 0.509. The van der Waals surface area contributed by atoms with E-state index in [0.29, 0.717) is 16.6 Å². The fraction of sp³-hybridized carbons (Fsp3) is 0.273.